The maximum Gasteiger partial charge on any atom is 0.221 e. The molecule has 2 aromatic rings. The second kappa shape index (κ2) is 8.42. The molecule has 5 heteroatoms. The van der Waals surface area contributed by atoms with Gasteiger partial charge in [0.2, 0.25) is 5.91 Å². The molecule has 1 aromatic carbocycles. The number of hydrogen-bond donors (Lipinski definition) is 2. The Morgan fingerprint density at radius 3 is 2.58 bits per heavy atom. The minimum absolute atomic E-state index is 0.0368. The molecule has 0 radical (unpaired) electrons. The van der Waals surface area contributed by atoms with Crippen molar-refractivity contribution in [1.29, 1.82) is 0 Å². The number of nitrogens with zero attached hydrogens (tertiary/aromatic N) is 1. The molecule has 0 saturated carbocycles. The van der Waals surface area contributed by atoms with Crippen LogP contribution in [-0.4, -0.2) is 30.4 Å². The van der Waals surface area contributed by atoms with Crippen molar-refractivity contribution in [1.82, 2.24) is 10.2 Å². The fourth-order valence-electron chi connectivity index (χ4n) is 3.21. The van der Waals surface area contributed by atoms with E-state index in [0.717, 1.165) is 18.8 Å². The molecule has 1 aromatic heterocycles. The van der Waals surface area contributed by atoms with Gasteiger partial charge < -0.3 is 10.6 Å². The normalized spacial score (nSPS) is 16.2. The Labute approximate surface area is 147 Å². The van der Waals surface area contributed by atoms with Gasteiger partial charge in [0.1, 0.15) is 0 Å². The number of carbonyl (C=O) groups is 1. The Morgan fingerprint density at radius 2 is 1.96 bits per heavy atom. The minimum Gasteiger partial charge on any atom is -0.326 e. The predicted molar refractivity (Wildman–Crippen MR) is 100 cm³/mol. The number of rotatable bonds is 7. The third kappa shape index (κ3) is 4.66. The van der Waals surface area contributed by atoms with Gasteiger partial charge in [-0.3, -0.25) is 9.69 Å². The summed E-state index contributed by atoms with van der Waals surface area (Å²) >= 11 is 1.85. The van der Waals surface area contributed by atoms with Crippen LogP contribution in [0.1, 0.15) is 36.2 Å². The van der Waals surface area contributed by atoms with E-state index < -0.39 is 0 Å². The zero-order valence-corrected chi connectivity index (χ0v) is 14.9. The molecule has 1 amide bonds. The van der Waals surface area contributed by atoms with Crippen LogP contribution in [0.2, 0.25) is 0 Å². The van der Waals surface area contributed by atoms with Crippen LogP contribution in [0.25, 0.3) is 0 Å². The number of benzene rings is 1. The zero-order valence-electron chi connectivity index (χ0n) is 14.1. The highest BCUT2D eigenvalue weighted by Crippen LogP contribution is 2.27. The summed E-state index contributed by atoms with van der Waals surface area (Å²) in [7, 11) is 0. The fourth-order valence-corrected chi connectivity index (χ4v) is 4.07. The molecule has 1 saturated heterocycles. The van der Waals surface area contributed by atoms with Crippen LogP contribution in [0.15, 0.2) is 41.8 Å². The van der Waals surface area contributed by atoms with E-state index in [2.05, 4.69) is 45.2 Å². The van der Waals surface area contributed by atoms with Gasteiger partial charge in [0.25, 0.3) is 0 Å². The number of hydrogen-bond acceptors (Lipinski definition) is 4. The van der Waals surface area contributed by atoms with Crippen LogP contribution in [0.4, 0.5) is 5.69 Å². The Hall–Kier alpha value is -1.69. The second-order valence-electron chi connectivity index (χ2n) is 6.28. The van der Waals surface area contributed by atoms with Crippen molar-refractivity contribution >= 4 is 22.9 Å². The van der Waals surface area contributed by atoms with Gasteiger partial charge >= 0.3 is 0 Å². The summed E-state index contributed by atoms with van der Waals surface area (Å²) in [6.45, 7) is 5.74. The number of likely N-dealkylation sites (tertiary alicyclic amines) is 1. The van der Waals surface area contributed by atoms with Crippen LogP contribution >= 0.6 is 11.3 Å². The van der Waals surface area contributed by atoms with Crippen LogP contribution in [0.3, 0.4) is 0 Å². The highest BCUT2D eigenvalue weighted by molar-refractivity contribution is 7.10. The average molecular weight is 343 g/mol. The van der Waals surface area contributed by atoms with E-state index in [0.29, 0.717) is 6.04 Å². The maximum atomic E-state index is 11.1. The summed E-state index contributed by atoms with van der Waals surface area (Å²) in [5.74, 6) is -0.0368. The lowest BCUT2D eigenvalue weighted by molar-refractivity contribution is -0.114. The molecule has 2 heterocycles. The lowest BCUT2D eigenvalue weighted by Crippen LogP contribution is -2.33. The van der Waals surface area contributed by atoms with Gasteiger partial charge in [-0.2, -0.15) is 0 Å². The molecule has 0 unspecified atom stereocenters. The third-order valence-electron chi connectivity index (χ3n) is 4.39. The van der Waals surface area contributed by atoms with Gasteiger partial charge in [-0.25, -0.2) is 0 Å². The van der Waals surface area contributed by atoms with E-state index in [-0.39, 0.29) is 5.91 Å². The number of carbonyl (C=O) groups excluding carboxylic acids is 1. The van der Waals surface area contributed by atoms with Gasteiger partial charge in [-0.1, -0.05) is 18.2 Å². The monoisotopic (exact) mass is 343 g/mol. The van der Waals surface area contributed by atoms with Gasteiger partial charge in [0.15, 0.2) is 0 Å². The Kier molecular flexibility index (Phi) is 6.01. The molecular weight excluding hydrogens is 318 g/mol. The highest BCUT2D eigenvalue weighted by Gasteiger charge is 2.23. The first-order chi connectivity index (χ1) is 11.7. The number of anilines is 1. The minimum atomic E-state index is -0.0368. The van der Waals surface area contributed by atoms with Crippen molar-refractivity contribution in [2.24, 2.45) is 0 Å². The molecule has 3 rings (SSSR count). The summed E-state index contributed by atoms with van der Waals surface area (Å²) in [4.78, 5) is 15.1. The lowest BCUT2D eigenvalue weighted by Gasteiger charge is -2.27. The van der Waals surface area contributed by atoms with Crippen molar-refractivity contribution in [3.63, 3.8) is 0 Å². The topological polar surface area (TPSA) is 44.4 Å². The SMILES string of the molecule is CC(=O)Nc1ccc(CNC[C@H](c2cccs2)N2CCCC2)cc1. The van der Waals surface area contributed by atoms with Gasteiger partial charge in [-0.05, 0) is 55.1 Å². The smallest absolute Gasteiger partial charge is 0.221 e. The Bertz CT molecular complexity index is 633. The van der Waals surface area contributed by atoms with E-state index in [9.17, 15) is 4.79 Å². The maximum absolute atomic E-state index is 11.1. The molecule has 0 aliphatic carbocycles. The molecule has 0 bridgehead atoms. The lowest BCUT2D eigenvalue weighted by atomic mass is 10.1. The quantitative estimate of drug-likeness (QED) is 0.807. The molecule has 24 heavy (non-hydrogen) atoms. The Morgan fingerprint density at radius 1 is 1.21 bits per heavy atom. The predicted octanol–water partition coefficient (Wildman–Crippen LogP) is 3.63. The van der Waals surface area contributed by atoms with Crippen molar-refractivity contribution < 1.29 is 4.79 Å². The van der Waals surface area contributed by atoms with Gasteiger partial charge in [0, 0.05) is 30.6 Å². The van der Waals surface area contributed by atoms with E-state index >= 15 is 0 Å². The average Bonchev–Trinajstić information content (AvgIpc) is 3.26. The van der Waals surface area contributed by atoms with E-state index in [1.165, 1.54) is 43.3 Å². The zero-order chi connectivity index (χ0) is 16.8. The molecule has 2 N–H and O–H groups in total. The largest absolute Gasteiger partial charge is 0.326 e. The first kappa shape index (κ1) is 17.1. The number of nitrogens with one attached hydrogen (secondary N) is 2. The molecule has 4 nitrogen and oxygen atoms in total. The first-order valence-electron chi connectivity index (χ1n) is 8.57. The van der Waals surface area contributed by atoms with E-state index in [4.69, 9.17) is 0 Å². The van der Waals surface area contributed by atoms with Crippen LogP contribution < -0.4 is 10.6 Å². The van der Waals surface area contributed by atoms with Crippen LogP contribution in [-0.2, 0) is 11.3 Å². The van der Waals surface area contributed by atoms with Crippen molar-refractivity contribution in [2.45, 2.75) is 32.4 Å². The highest BCUT2D eigenvalue weighted by atomic mass is 32.1. The van der Waals surface area contributed by atoms with Crippen LogP contribution in [0.5, 0.6) is 0 Å². The van der Waals surface area contributed by atoms with Gasteiger partial charge in [-0.15, -0.1) is 11.3 Å². The summed E-state index contributed by atoms with van der Waals surface area (Å²) in [5.41, 5.74) is 2.08. The summed E-state index contributed by atoms with van der Waals surface area (Å²) in [6.07, 6.45) is 2.62. The molecule has 1 fully saturated rings. The van der Waals surface area contributed by atoms with Crippen molar-refractivity contribution in [3.05, 3.63) is 52.2 Å². The molecule has 0 spiro atoms. The summed E-state index contributed by atoms with van der Waals surface area (Å²) < 4.78 is 0. The molecule has 1 aliphatic heterocycles. The third-order valence-corrected chi connectivity index (χ3v) is 5.37. The molecule has 1 aliphatic rings. The van der Waals surface area contributed by atoms with Crippen molar-refractivity contribution in [3.8, 4) is 0 Å². The van der Waals surface area contributed by atoms with Crippen LogP contribution in [0, 0.1) is 0 Å². The van der Waals surface area contributed by atoms with E-state index in [1.54, 1.807) is 0 Å². The molecule has 1 atom stereocenters. The summed E-state index contributed by atoms with van der Waals surface area (Å²) in [6, 6.07) is 12.9. The first-order valence-corrected chi connectivity index (χ1v) is 9.45. The fraction of sp³-hybridized carbons (Fsp3) is 0.421. The van der Waals surface area contributed by atoms with Crippen molar-refractivity contribution in [2.75, 3.05) is 25.0 Å². The second-order valence-corrected chi connectivity index (χ2v) is 7.26. The molecular formula is C19H25N3OS. The van der Waals surface area contributed by atoms with Gasteiger partial charge in [0.05, 0.1) is 6.04 Å². The number of thiophene rings is 1. The Balaban J connectivity index is 1.54. The molecule has 128 valence electrons. The summed E-state index contributed by atoms with van der Waals surface area (Å²) in [5, 5.41) is 8.57. The van der Waals surface area contributed by atoms with E-state index in [1.807, 2.05) is 23.5 Å². The standard InChI is InChI=1S/C19H25N3OS/c1-15(23)21-17-8-6-16(7-9-17)13-20-14-18(19-5-4-12-24-19)22-10-2-3-11-22/h4-9,12,18,20H,2-3,10-11,13-14H2,1H3,(H,21,23)/t18-/m1/s1. The number of amides is 1.